The molecule has 1 saturated heterocycles. The summed E-state index contributed by atoms with van der Waals surface area (Å²) in [6.45, 7) is 1.13. The van der Waals surface area contributed by atoms with Gasteiger partial charge in [0.1, 0.15) is 5.82 Å². The van der Waals surface area contributed by atoms with Gasteiger partial charge in [0.2, 0.25) is 0 Å². The van der Waals surface area contributed by atoms with E-state index in [2.05, 4.69) is 15.1 Å². The number of halogens is 3. The molecule has 3 aromatic rings. The van der Waals surface area contributed by atoms with Crippen molar-refractivity contribution in [3.8, 4) is 11.1 Å². The molecule has 1 aromatic heterocycles. The lowest BCUT2D eigenvalue weighted by Crippen LogP contribution is -2.38. The Bertz CT molecular complexity index is 1290. The van der Waals surface area contributed by atoms with Crippen LogP contribution in [0.2, 0.25) is 10.0 Å². The number of piperidine rings is 1. The van der Waals surface area contributed by atoms with Crippen molar-refractivity contribution in [3.63, 3.8) is 0 Å². The van der Waals surface area contributed by atoms with Gasteiger partial charge in [-0.2, -0.15) is 5.10 Å². The first-order chi connectivity index (χ1) is 16.9. The van der Waals surface area contributed by atoms with Gasteiger partial charge in [0, 0.05) is 41.2 Å². The highest BCUT2D eigenvalue weighted by Crippen LogP contribution is 2.48. The van der Waals surface area contributed by atoms with Gasteiger partial charge in [0.05, 0.1) is 39.7 Å². The van der Waals surface area contributed by atoms with Crippen LogP contribution in [0.4, 0.5) is 10.1 Å². The molecular weight excluding hydrogens is 492 g/mol. The fraction of sp³-hybridized carbons (Fsp3) is 0.385. The molecule has 3 fully saturated rings. The lowest BCUT2D eigenvalue weighted by molar-refractivity contribution is 0.0113. The third kappa shape index (κ3) is 4.09. The number of aromatic nitrogens is 2. The van der Waals surface area contributed by atoms with E-state index in [0.717, 1.165) is 60.4 Å². The third-order valence-electron chi connectivity index (χ3n) is 7.48. The van der Waals surface area contributed by atoms with Gasteiger partial charge in [-0.15, -0.1) is 0 Å². The van der Waals surface area contributed by atoms with E-state index in [1.165, 1.54) is 12.1 Å². The second-order valence-corrected chi connectivity index (χ2v) is 10.5. The Morgan fingerprint density at radius 1 is 1.17 bits per heavy atom. The van der Waals surface area contributed by atoms with Crippen LogP contribution >= 0.6 is 23.2 Å². The van der Waals surface area contributed by atoms with E-state index in [1.54, 1.807) is 6.07 Å². The Balaban J connectivity index is 1.17. The quantitative estimate of drug-likeness (QED) is 0.387. The zero-order chi connectivity index (χ0) is 24.3. The monoisotopic (exact) mass is 515 g/mol. The molecule has 3 aliphatic rings. The molecule has 6 nitrogen and oxygen atoms in total. The topological polar surface area (TPSA) is 78.5 Å². The average Bonchev–Trinajstić information content (AvgIpc) is 3.28. The van der Waals surface area contributed by atoms with Crippen molar-refractivity contribution < 1.29 is 19.0 Å². The second kappa shape index (κ2) is 8.80. The fourth-order valence-electron chi connectivity index (χ4n) is 5.64. The summed E-state index contributed by atoms with van der Waals surface area (Å²) < 4.78 is 20.6. The number of nitrogens with one attached hydrogen (secondary N) is 1. The van der Waals surface area contributed by atoms with Crippen molar-refractivity contribution in [2.45, 2.75) is 50.4 Å². The molecule has 0 radical (unpaired) electrons. The Morgan fingerprint density at radius 3 is 2.57 bits per heavy atom. The van der Waals surface area contributed by atoms with Gasteiger partial charge >= 0.3 is 5.97 Å². The number of carboxylic acids is 1. The number of H-pyrrole nitrogens is 1. The van der Waals surface area contributed by atoms with Crippen LogP contribution in [-0.4, -0.2) is 40.0 Å². The van der Waals surface area contributed by atoms with E-state index in [0.29, 0.717) is 28.5 Å². The summed E-state index contributed by atoms with van der Waals surface area (Å²) in [5.74, 6) is -1.22. The van der Waals surface area contributed by atoms with Gasteiger partial charge in [-0.3, -0.25) is 5.10 Å². The molecule has 1 aliphatic heterocycles. The molecular formula is C26H24Cl2FN3O3. The summed E-state index contributed by atoms with van der Waals surface area (Å²) in [5.41, 5.74) is 4.06. The van der Waals surface area contributed by atoms with Crippen molar-refractivity contribution in [2.24, 2.45) is 5.92 Å². The van der Waals surface area contributed by atoms with E-state index in [-0.39, 0.29) is 17.7 Å². The number of fused-ring (bicyclic) bond motifs is 2. The van der Waals surface area contributed by atoms with Gasteiger partial charge in [0.25, 0.3) is 0 Å². The van der Waals surface area contributed by atoms with E-state index in [9.17, 15) is 9.18 Å². The van der Waals surface area contributed by atoms with E-state index in [4.69, 9.17) is 33.0 Å². The first-order valence-corrected chi connectivity index (χ1v) is 12.6. The summed E-state index contributed by atoms with van der Waals surface area (Å²) in [5, 5.41) is 18.1. The molecule has 2 bridgehead atoms. The molecule has 6 rings (SSSR count). The SMILES string of the molecule is O=C(O)c1ccc(N2C[C@@H]3C[C@H]2C[C@H]3OCc2[nH]nc(C3CC3)c2-c2c(Cl)cccc2Cl)cc1F. The maximum absolute atomic E-state index is 14.2. The summed E-state index contributed by atoms with van der Waals surface area (Å²) in [7, 11) is 0. The maximum atomic E-state index is 14.2. The lowest BCUT2D eigenvalue weighted by atomic mass is 10.0. The van der Waals surface area contributed by atoms with E-state index < -0.39 is 11.8 Å². The minimum Gasteiger partial charge on any atom is -0.478 e. The molecule has 2 N–H and O–H groups in total. The molecule has 0 amide bonds. The van der Waals surface area contributed by atoms with Crippen LogP contribution < -0.4 is 4.90 Å². The Morgan fingerprint density at radius 2 is 1.94 bits per heavy atom. The van der Waals surface area contributed by atoms with Gasteiger partial charge in [-0.05, 0) is 56.0 Å². The molecule has 2 aliphatic carbocycles. The number of carboxylic acid groups (broad SMARTS) is 1. The summed E-state index contributed by atoms with van der Waals surface area (Å²) in [6.07, 6.45) is 4.10. The number of hydrogen-bond acceptors (Lipinski definition) is 4. The number of aromatic amines is 1. The van der Waals surface area contributed by atoms with Gasteiger partial charge < -0.3 is 14.7 Å². The highest BCUT2D eigenvalue weighted by molar-refractivity contribution is 6.39. The number of aromatic carboxylic acids is 1. The number of nitrogens with zero attached hydrogens (tertiary/aromatic N) is 2. The molecule has 2 saturated carbocycles. The van der Waals surface area contributed by atoms with Crippen LogP contribution in [0.25, 0.3) is 11.1 Å². The molecule has 0 spiro atoms. The summed E-state index contributed by atoms with van der Waals surface area (Å²) in [4.78, 5) is 13.3. The molecule has 182 valence electrons. The zero-order valence-corrected chi connectivity index (χ0v) is 20.3. The van der Waals surface area contributed by atoms with Crippen molar-refractivity contribution in [2.75, 3.05) is 11.4 Å². The van der Waals surface area contributed by atoms with Crippen molar-refractivity contribution in [3.05, 3.63) is 69.2 Å². The zero-order valence-electron chi connectivity index (χ0n) is 18.8. The molecule has 2 aromatic carbocycles. The normalized spacial score (nSPS) is 23.3. The Kier molecular flexibility index (Phi) is 5.74. The van der Waals surface area contributed by atoms with Crippen LogP contribution in [-0.2, 0) is 11.3 Å². The minimum atomic E-state index is -1.26. The predicted octanol–water partition coefficient (Wildman–Crippen LogP) is 6.28. The predicted molar refractivity (Wildman–Crippen MR) is 132 cm³/mol. The largest absolute Gasteiger partial charge is 0.478 e. The van der Waals surface area contributed by atoms with Crippen LogP contribution in [0.5, 0.6) is 0 Å². The number of rotatable bonds is 7. The van der Waals surface area contributed by atoms with Crippen LogP contribution in [0.15, 0.2) is 36.4 Å². The highest BCUT2D eigenvalue weighted by atomic mass is 35.5. The lowest BCUT2D eigenvalue weighted by Gasteiger charge is -2.33. The van der Waals surface area contributed by atoms with Crippen molar-refractivity contribution in [1.82, 2.24) is 10.2 Å². The first-order valence-electron chi connectivity index (χ1n) is 11.8. The smallest absolute Gasteiger partial charge is 0.338 e. The van der Waals surface area contributed by atoms with Crippen LogP contribution in [0, 0.1) is 11.7 Å². The van der Waals surface area contributed by atoms with Gasteiger partial charge in [-0.1, -0.05) is 29.3 Å². The number of hydrogen-bond donors (Lipinski definition) is 2. The van der Waals surface area contributed by atoms with E-state index in [1.807, 2.05) is 18.2 Å². The first kappa shape index (κ1) is 22.8. The van der Waals surface area contributed by atoms with Crippen molar-refractivity contribution in [1.29, 1.82) is 0 Å². The molecule has 3 atom stereocenters. The summed E-state index contributed by atoms with van der Waals surface area (Å²) >= 11 is 13.1. The van der Waals surface area contributed by atoms with Gasteiger partial charge in [-0.25, -0.2) is 9.18 Å². The Labute approximate surface area is 212 Å². The second-order valence-electron chi connectivity index (χ2n) is 9.69. The molecule has 9 heteroatoms. The molecule has 0 unspecified atom stereocenters. The van der Waals surface area contributed by atoms with Crippen LogP contribution in [0.3, 0.4) is 0 Å². The average molecular weight is 516 g/mol. The summed E-state index contributed by atoms with van der Waals surface area (Å²) in [6, 6.07) is 10.1. The number of benzene rings is 2. The third-order valence-corrected chi connectivity index (χ3v) is 8.11. The number of anilines is 1. The van der Waals surface area contributed by atoms with Crippen molar-refractivity contribution >= 4 is 34.9 Å². The molecule has 2 heterocycles. The molecule has 35 heavy (non-hydrogen) atoms. The number of ether oxygens (including phenoxy) is 1. The van der Waals surface area contributed by atoms with Gasteiger partial charge in [0.15, 0.2) is 0 Å². The fourth-order valence-corrected chi connectivity index (χ4v) is 6.23. The maximum Gasteiger partial charge on any atom is 0.338 e. The van der Waals surface area contributed by atoms with Crippen LogP contribution in [0.1, 0.15) is 53.3 Å². The highest BCUT2D eigenvalue weighted by Gasteiger charge is 2.45. The van der Waals surface area contributed by atoms with E-state index >= 15 is 0 Å². The standard InChI is InChI=1S/C26H24Cl2FN3O3/c27-18-2-1-3-19(28)23(18)24-21(30-31-25(24)13-4-5-13)12-35-22-10-16-8-14(22)11-32(16)15-6-7-17(26(33)34)20(29)9-15/h1-3,6-7,9,13-14,16,22H,4-5,8,10-12H2,(H,30,31)(H,33,34)/t14-,16-,22+/m0/s1. The minimum absolute atomic E-state index is 0.0848. The Hall–Kier alpha value is -2.61. The number of carbonyl (C=O) groups is 1.